The first-order valence-electron chi connectivity index (χ1n) is 5.87. The Morgan fingerprint density at radius 3 is 2.83 bits per heavy atom. The third-order valence-corrected chi connectivity index (χ3v) is 2.90. The summed E-state index contributed by atoms with van der Waals surface area (Å²) in [5.41, 5.74) is 3.77. The van der Waals surface area contributed by atoms with Crippen LogP contribution in [0.15, 0.2) is 30.5 Å². The number of nitrogens with one attached hydrogen (secondary N) is 1. The van der Waals surface area contributed by atoms with Gasteiger partial charge in [0.2, 0.25) is 0 Å². The number of aromatic nitrogens is 2. The maximum absolute atomic E-state index is 8.90. The number of nitrogens with zero attached hydrogens (tertiary/aromatic N) is 3. The fourth-order valence-corrected chi connectivity index (χ4v) is 1.94. The second-order valence-corrected chi connectivity index (χ2v) is 4.41. The van der Waals surface area contributed by atoms with Gasteiger partial charge in [-0.2, -0.15) is 10.4 Å². The van der Waals surface area contributed by atoms with Crippen molar-refractivity contribution in [3.05, 3.63) is 47.3 Å². The Balaban J connectivity index is 2.19. The Bertz CT molecular complexity index is 592. The van der Waals surface area contributed by atoms with Gasteiger partial charge in [-0.3, -0.25) is 4.68 Å². The molecule has 1 aromatic carbocycles. The minimum Gasteiger partial charge on any atom is -0.376 e. The van der Waals surface area contributed by atoms with Crippen LogP contribution in [0.25, 0.3) is 0 Å². The highest BCUT2D eigenvalue weighted by molar-refractivity contribution is 5.48. The molecule has 92 valence electrons. The van der Waals surface area contributed by atoms with E-state index in [0.717, 1.165) is 16.9 Å². The highest BCUT2D eigenvalue weighted by Gasteiger charge is 2.09. The van der Waals surface area contributed by atoms with Gasteiger partial charge in [-0.15, -0.1) is 0 Å². The molecule has 0 aliphatic carbocycles. The normalized spacial score (nSPS) is 11.9. The number of benzene rings is 1. The first-order valence-corrected chi connectivity index (χ1v) is 5.87. The molecule has 4 nitrogen and oxygen atoms in total. The average molecular weight is 240 g/mol. The number of anilines is 1. The highest BCUT2D eigenvalue weighted by Crippen LogP contribution is 2.21. The molecule has 18 heavy (non-hydrogen) atoms. The Kier molecular flexibility index (Phi) is 3.33. The van der Waals surface area contributed by atoms with E-state index in [1.807, 2.05) is 44.4 Å². The Labute approximate surface area is 107 Å². The number of hydrogen-bond donors (Lipinski definition) is 1. The fourth-order valence-electron chi connectivity index (χ4n) is 1.94. The Morgan fingerprint density at radius 1 is 1.44 bits per heavy atom. The largest absolute Gasteiger partial charge is 0.376 e. The van der Waals surface area contributed by atoms with Gasteiger partial charge in [0.1, 0.15) is 0 Å². The van der Waals surface area contributed by atoms with Gasteiger partial charge in [-0.05, 0) is 31.5 Å². The molecule has 1 N–H and O–H groups in total. The van der Waals surface area contributed by atoms with Crippen molar-refractivity contribution in [1.29, 1.82) is 5.26 Å². The van der Waals surface area contributed by atoms with Crippen molar-refractivity contribution in [2.24, 2.45) is 7.05 Å². The lowest BCUT2D eigenvalue weighted by Crippen LogP contribution is -2.07. The molecule has 0 radical (unpaired) electrons. The average Bonchev–Trinajstić information content (AvgIpc) is 2.68. The van der Waals surface area contributed by atoms with E-state index in [1.165, 1.54) is 0 Å². The Hall–Kier alpha value is -2.28. The van der Waals surface area contributed by atoms with E-state index in [-0.39, 0.29) is 6.04 Å². The van der Waals surface area contributed by atoms with Gasteiger partial charge < -0.3 is 5.32 Å². The van der Waals surface area contributed by atoms with Crippen LogP contribution < -0.4 is 5.32 Å². The zero-order valence-corrected chi connectivity index (χ0v) is 10.8. The number of rotatable bonds is 3. The van der Waals surface area contributed by atoms with Gasteiger partial charge >= 0.3 is 0 Å². The van der Waals surface area contributed by atoms with Crippen LogP contribution in [-0.4, -0.2) is 9.78 Å². The lowest BCUT2D eigenvalue weighted by Gasteiger charge is -2.15. The highest BCUT2D eigenvalue weighted by atomic mass is 15.3. The quantitative estimate of drug-likeness (QED) is 0.897. The van der Waals surface area contributed by atoms with Crippen LogP contribution in [-0.2, 0) is 7.05 Å². The summed E-state index contributed by atoms with van der Waals surface area (Å²) in [7, 11) is 1.90. The molecule has 1 heterocycles. The van der Waals surface area contributed by atoms with Gasteiger partial charge in [0.05, 0.1) is 23.0 Å². The third-order valence-electron chi connectivity index (χ3n) is 2.90. The van der Waals surface area contributed by atoms with Crippen molar-refractivity contribution in [3.8, 4) is 6.07 Å². The summed E-state index contributed by atoms with van der Waals surface area (Å²) >= 11 is 0. The summed E-state index contributed by atoms with van der Waals surface area (Å²) in [6.45, 7) is 4.05. The minimum absolute atomic E-state index is 0.140. The van der Waals surface area contributed by atoms with Gasteiger partial charge in [0.25, 0.3) is 0 Å². The predicted octanol–water partition coefficient (Wildman–Crippen LogP) is 2.77. The predicted molar refractivity (Wildman–Crippen MR) is 71.1 cm³/mol. The second-order valence-electron chi connectivity index (χ2n) is 4.41. The van der Waals surface area contributed by atoms with E-state index < -0.39 is 0 Å². The van der Waals surface area contributed by atoms with Gasteiger partial charge in [0.15, 0.2) is 0 Å². The lowest BCUT2D eigenvalue weighted by molar-refractivity contribution is 0.756. The van der Waals surface area contributed by atoms with Crippen LogP contribution in [0.1, 0.15) is 29.8 Å². The SMILES string of the molecule is Cc1nn(C)cc1NC(C)c1cccc(C#N)c1. The van der Waals surface area contributed by atoms with Crippen LogP contribution in [0.3, 0.4) is 0 Å². The van der Waals surface area contributed by atoms with Crippen LogP contribution >= 0.6 is 0 Å². The van der Waals surface area contributed by atoms with E-state index in [2.05, 4.69) is 23.4 Å². The molecule has 0 spiro atoms. The van der Waals surface area contributed by atoms with Gasteiger partial charge in [-0.25, -0.2) is 0 Å². The second kappa shape index (κ2) is 4.92. The van der Waals surface area contributed by atoms with Crippen molar-refractivity contribution >= 4 is 5.69 Å². The van der Waals surface area contributed by atoms with E-state index in [0.29, 0.717) is 5.56 Å². The molecule has 2 rings (SSSR count). The summed E-state index contributed by atoms with van der Waals surface area (Å²) in [5.74, 6) is 0. The molecule has 1 unspecified atom stereocenters. The van der Waals surface area contributed by atoms with E-state index in [4.69, 9.17) is 5.26 Å². The van der Waals surface area contributed by atoms with Crippen molar-refractivity contribution in [2.45, 2.75) is 19.9 Å². The molecule has 0 bridgehead atoms. The molecule has 0 amide bonds. The third kappa shape index (κ3) is 2.51. The van der Waals surface area contributed by atoms with E-state index in [9.17, 15) is 0 Å². The number of aryl methyl sites for hydroxylation is 2. The van der Waals surface area contributed by atoms with Crippen LogP contribution in [0.5, 0.6) is 0 Å². The number of nitriles is 1. The first-order chi connectivity index (χ1) is 8.60. The van der Waals surface area contributed by atoms with Crippen molar-refractivity contribution in [2.75, 3.05) is 5.32 Å². The smallest absolute Gasteiger partial charge is 0.0991 e. The molecule has 1 atom stereocenters. The summed E-state index contributed by atoms with van der Waals surface area (Å²) in [6, 6.07) is 9.94. The maximum Gasteiger partial charge on any atom is 0.0991 e. The molecule has 0 saturated carbocycles. The molecular formula is C14H16N4. The summed E-state index contributed by atoms with van der Waals surface area (Å²) < 4.78 is 1.79. The Morgan fingerprint density at radius 2 is 2.22 bits per heavy atom. The molecule has 0 saturated heterocycles. The molecule has 0 aliphatic heterocycles. The topological polar surface area (TPSA) is 53.6 Å². The first kappa shape index (κ1) is 12.2. The van der Waals surface area contributed by atoms with Crippen LogP contribution in [0.2, 0.25) is 0 Å². The standard InChI is InChI=1S/C14H16N4/c1-10(13-6-4-5-12(7-13)8-15)16-14-9-18(3)17-11(14)2/h4-7,9-10,16H,1-3H3. The number of hydrogen-bond acceptors (Lipinski definition) is 3. The monoisotopic (exact) mass is 240 g/mol. The molecule has 1 aromatic heterocycles. The van der Waals surface area contributed by atoms with Crippen molar-refractivity contribution in [1.82, 2.24) is 9.78 Å². The van der Waals surface area contributed by atoms with Crippen molar-refractivity contribution < 1.29 is 0 Å². The maximum atomic E-state index is 8.90. The molecule has 2 aromatic rings. The zero-order chi connectivity index (χ0) is 13.1. The van der Waals surface area contributed by atoms with Crippen molar-refractivity contribution in [3.63, 3.8) is 0 Å². The lowest BCUT2D eigenvalue weighted by atomic mass is 10.1. The minimum atomic E-state index is 0.140. The molecule has 4 heteroatoms. The molecule has 0 fully saturated rings. The van der Waals surface area contributed by atoms with Gasteiger partial charge in [-0.1, -0.05) is 12.1 Å². The van der Waals surface area contributed by atoms with Crippen LogP contribution in [0.4, 0.5) is 5.69 Å². The fraction of sp³-hybridized carbons (Fsp3) is 0.286. The van der Waals surface area contributed by atoms with E-state index in [1.54, 1.807) is 4.68 Å². The zero-order valence-electron chi connectivity index (χ0n) is 10.8. The molecular weight excluding hydrogens is 224 g/mol. The van der Waals surface area contributed by atoms with Gasteiger partial charge in [0, 0.05) is 19.3 Å². The van der Waals surface area contributed by atoms with E-state index >= 15 is 0 Å². The molecule has 0 aliphatic rings. The van der Waals surface area contributed by atoms with Crippen LogP contribution in [0, 0.1) is 18.3 Å². The summed E-state index contributed by atoms with van der Waals surface area (Å²) in [5, 5.41) is 16.6. The summed E-state index contributed by atoms with van der Waals surface area (Å²) in [4.78, 5) is 0. The summed E-state index contributed by atoms with van der Waals surface area (Å²) in [6.07, 6.45) is 1.96.